The lowest BCUT2D eigenvalue weighted by atomic mass is 9.92. The highest BCUT2D eigenvalue weighted by Crippen LogP contribution is 2.42. The molecule has 0 spiro atoms. The average Bonchev–Trinajstić information content (AvgIpc) is 3.29. The van der Waals surface area contributed by atoms with Crippen molar-refractivity contribution in [3.05, 3.63) is 224 Å². The fourth-order valence-electron chi connectivity index (χ4n) is 8.92. The van der Waals surface area contributed by atoms with Gasteiger partial charge in [0, 0.05) is 17.1 Å². The van der Waals surface area contributed by atoms with Gasteiger partial charge in [0.25, 0.3) is 0 Å². The monoisotopic (exact) mass is 723 g/mol. The first-order valence-electron chi connectivity index (χ1n) is 19.7. The van der Waals surface area contributed by atoms with Gasteiger partial charge in [-0.3, -0.25) is 0 Å². The molecule has 0 aromatic heterocycles. The van der Waals surface area contributed by atoms with E-state index in [1.165, 1.54) is 87.2 Å². The Bertz CT molecular complexity index is 3130. The van der Waals surface area contributed by atoms with E-state index in [0.29, 0.717) is 0 Å². The number of fused-ring (bicyclic) bond motifs is 8. The predicted molar refractivity (Wildman–Crippen MR) is 245 cm³/mol. The van der Waals surface area contributed by atoms with Crippen LogP contribution in [0, 0.1) is 0 Å². The van der Waals surface area contributed by atoms with Crippen molar-refractivity contribution < 1.29 is 0 Å². The number of nitrogens with zero attached hydrogens (tertiary/aromatic N) is 1. The Labute approximate surface area is 332 Å². The predicted octanol–water partition coefficient (Wildman–Crippen LogP) is 15.9. The Morgan fingerprint density at radius 2 is 0.614 bits per heavy atom. The summed E-state index contributed by atoms with van der Waals surface area (Å²) in [6, 6.07) is 82.0. The molecule has 11 aromatic carbocycles. The van der Waals surface area contributed by atoms with Crippen LogP contribution in [0.2, 0.25) is 0 Å². The van der Waals surface area contributed by atoms with Crippen LogP contribution in [0.15, 0.2) is 224 Å². The minimum atomic E-state index is 1.10. The summed E-state index contributed by atoms with van der Waals surface area (Å²) in [5.74, 6) is 0. The van der Waals surface area contributed by atoms with Gasteiger partial charge in [-0.15, -0.1) is 0 Å². The van der Waals surface area contributed by atoms with Gasteiger partial charge in [-0.2, -0.15) is 0 Å². The van der Waals surface area contributed by atoms with Crippen LogP contribution in [-0.4, -0.2) is 0 Å². The van der Waals surface area contributed by atoms with Crippen LogP contribution in [0.25, 0.3) is 87.2 Å². The van der Waals surface area contributed by atoms with Gasteiger partial charge < -0.3 is 4.90 Å². The molecule has 0 radical (unpaired) electrons. The summed E-state index contributed by atoms with van der Waals surface area (Å²) in [6.45, 7) is 0. The fourth-order valence-corrected chi connectivity index (χ4v) is 8.92. The third-order valence-electron chi connectivity index (χ3n) is 11.6. The van der Waals surface area contributed by atoms with Crippen molar-refractivity contribution in [3.8, 4) is 33.4 Å². The van der Waals surface area contributed by atoms with Crippen molar-refractivity contribution in [1.29, 1.82) is 0 Å². The molecule has 1 nitrogen and oxygen atoms in total. The van der Waals surface area contributed by atoms with Crippen molar-refractivity contribution in [1.82, 2.24) is 0 Å². The van der Waals surface area contributed by atoms with E-state index in [9.17, 15) is 0 Å². The normalized spacial score (nSPS) is 11.5. The molecule has 0 saturated carbocycles. The molecule has 0 atom stereocenters. The number of benzene rings is 11. The van der Waals surface area contributed by atoms with Gasteiger partial charge in [-0.05, 0) is 130 Å². The van der Waals surface area contributed by atoms with Crippen molar-refractivity contribution >= 4 is 70.9 Å². The first-order valence-corrected chi connectivity index (χ1v) is 19.7. The smallest absolute Gasteiger partial charge is 0.0467 e. The van der Waals surface area contributed by atoms with Crippen molar-refractivity contribution in [2.45, 2.75) is 0 Å². The number of rotatable bonds is 6. The van der Waals surface area contributed by atoms with Gasteiger partial charge in [0.15, 0.2) is 0 Å². The van der Waals surface area contributed by atoms with Crippen LogP contribution in [0.4, 0.5) is 17.1 Å². The van der Waals surface area contributed by atoms with Crippen molar-refractivity contribution in [3.63, 3.8) is 0 Å². The van der Waals surface area contributed by atoms with Gasteiger partial charge in [-0.1, -0.05) is 182 Å². The summed E-state index contributed by atoms with van der Waals surface area (Å²) in [6.07, 6.45) is 0. The highest BCUT2D eigenvalue weighted by molar-refractivity contribution is 6.25. The molecule has 11 rings (SSSR count). The largest absolute Gasteiger partial charge is 0.310 e. The molecule has 0 aliphatic heterocycles. The molecule has 0 saturated heterocycles. The summed E-state index contributed by atoms with van der Waals surface area (Å²) >= 11 is 0. The van der Waals surface area contributed by atoms with Crippen LogP contribution in [-0.2, 0) is 0 Å². The Morgan fingerprint density at radius 3 is 1.14 bits per heavy atom. The van der Waals surface area contributed by atoms with E-state index in [-0.39, 0.29) is 0 Å². The number of anilines is 3. The lowest BCUT2D eigenvalue weighted by Gasteiger charge is -2.27. The zero-order valence-corrected chi connectivity index (χ0v) is 31.3. The first kappa shape index (κ1) is 32.9. The Balaban J connectivity index is 1.05. The molecule has 0 unspecified atom stereocenters. The quantitative estimate of drug-likeness (QED) is 0.154. The molecule has 0 bridgehead atoms. The minimum absolute atomic E-state index is 1.10. The van der Waals surface area contributed by atoms with Crippen molar-refractivity contribution in [2.24, 2.45) is 0 Å². The summed E-state index contributed by atoms with van der Waals surface area (Å²) in [5.41, 5.74) is 10.5. The summed E-state index contributed by atoms with van der Waals surface area (Å²) < 4.78 is 0. The number of hydrogen-bond donors (Lipinski definition) is 0. The molecule has 0 amide bonds. The van der Waals surface area contributed by atoms with Gasteiger partial charge >= 0.3 is 0 Å². The topological polar surface area (TPSA) is 3.24 Å². The molecule has 0 aliphatic carbocycles. The van der Waals surface area contributed by atoms with E-state index in [1.807, 2.05) is 0 Å². The lowest BCUT2D eigenvalue weighted by Crippen LogP contribution is -2.10. The molecule has 0 fully saturated rings. The maximum Gasteiger partial charge on any atom is 0.0467 e. The molecule has 57 heavy (non-hydrogen) atoms. The van der Waals surface area contributed by atoms with E-state index in [4.69, 9.17) is 0 Å². The van der Waals surface area contributed by atoms with Crippen LogP contribution in [0.3, 0.4) is 0 Å². The summed E-state index contributed by atoms with van der Waals surface area (Å²) in [5, 5.41) is 12.7. The van der Waals surface area contributed by atoms with Crippen LogP contribution >= 0.6 is 0 Å². The molecular formula is C56H37N. The molecule has 11 aromatic rings. The maximum absolute atomic E-state index is 2.40. The molecule has 266 valence electrons. The van der Waals surface area contributed by atoms with Crippen LogP contribution < -0.4 is 4.90 Å². The molecule has 0 heterocycles. The summed E-state index contributed by atoms with van der Waals surface area (Å²) in [7, 11) is 0. The Hall–Kier alpha value is -7.48. The third-order valence-corrected chi connectivity index (χ3v) is 11.6. The van der Waals surface area contributed by atoms with E-state index in [0.717, 1.165) is 17.1 Å². The lowest BCUT2D eigenvalue weighted by molar-refractivity contribution is 1.28. The zero-order chi connectivity index (χ0) is 37.7. The van der Waals surface area contributed by atoms with Gasteiger partial charge in [0.2, 0.25) is 0 Å². The standard InChI is InChI=1S/C56H37N/c1-3-21-47-39(13-1)15-11-27-49(47)42-17-9-19-45(35-42)57(46-20-10-18-43(36-46)50-28-12-16-40-14-2-4-22-48(40)50)44-32-29-38(30-33-44)41-31-34-55-53-25-6-5-23-51(53)52-24-7-8-26-54(52)56(55)37-41/h1-37H. The Morgan fingerprint density at radius 1 is 0.211 bits per heavy atom. The second-order valence-corrected chi connectivity index (χ2v) is 14.9. The van der Waals surface area contributed by atoms with Crippen LogP contribution in [0.1, 0.15) is 0 Å². The molecule has 0 N–H and O–H groups in total. The van der Waals surface area contributed by atoms with Gasteiger partial charge in [0.05, 0.1) is 0 Å². The summed E-state index contributed by atoms with van der Waals surface area (Å²) in [4.78, 5) is 2.40. The van der Waals surface area contributed by atoms with E-state index >= 15 is 0 Å². The second-order valence-electron chi connectivity index (χ2n) is 14.9. The minimum Gasteiger partial charge on any atom is -0.310 e. The maximum atomic E-state index is 2.40. The van der Waals surface area contributed by atoms with E-state index in [2.05, 4.69) is 229 Å². The van der Waals surface area contributed by atoms with Crippen molar-refractivity contribution in [2.75, 3.05) is 4.90 Å². The van der Waals surface area contributed by atoms with Crippen LogP contribution in [0.5, 0.6) is 0 Å². The van der Waals surface area contributed by atoms with Gasteiger partial charge in [0.1, 0.15) is 0 Å². The fraction of sp³-hybridized carbons (Fsp3) is 0. The first-order chi connectivity index (χ1) is 28.3. The molecule has 1 heteroatoms. The van der Waals surface area contributed by atoms with E-state index < -0.39 is 0 Å². The Kier molecular flexibility index (Phi) is 7.89. The zero-order valence-electron chi connectivity index (χ0n) is 31.3. The number of hydrogen-bond acceptors (Lipinski definition) is 1. The second kappa shape index (κ2) is 13.7. The third kappa shape index (κ3) is 5.72. The van der Waals surface area contributed by atoms with Gasteiger partial charge in [-0.25, -0.2) is 0 Å². The SMILES string of the molecule is c1cc(-c2cccc3ccccc23)cc(N(c2ccc(-c3ccc4c5ccccc5c5ccccc5c4c3)cc2)c2cccc(-c3cccc4ccccc34)c2)c1. The van der Waals surface area contributed by atoms with E-state index in [1.54, 1.807) is 0 Å². The molecule has 0 aliphatic rings. The highest BCUT2D eigenvalue weighted by Gasteiger charge is 2.17. The highest BCUT2D eigenvalue weighted by atomic mass is 15.1. The average molecular weight is 724 g/mol. The molecular weight excluding hydrogens is 687 g/mol.